The van der Waals surface area contributed by atoms with Crippen molar-refractivity contribution in [1.29, 1.82) is 0 Å². The maximum atomic E-state index is 12.2. The van der Waals surface area contributed by atoms with Crippen molar-refractivity contribution in [1.82, 2.24) is 25.2 Å². The van der Waals surface area contributed by atoms with Gasteiger partial charge < -0.3 is 9.80 Å². The minimum atomic E-state index is -0.151. The van der Waals surface area contributed by atoms with Crippen LogP contribution in [0.4, 0.5) is 0 Å². The summed E-state index contributed by atoms with van der Waals surface area (Å²) in [6.07, 6.45) is 1.41. The molecule has 0 bridgehead atoms. The highest BCUT2D eigenvalue weighted by atomic mass is 32.1. The van der Waals surface area contributed by atoms with Gasteiger partial charge in [0, 0.05) is 26.2 Å². The number of hydrogen-bond donors (Lipinski definition) is 1. The third kappa shape index (κ3) is 2.42. The summed E-state index contributed by atoms with van der Waals surface area (Å²) >= 11 is 1.44. The summed E-state index contributed by atoms with van der Waals surface area (Å²) in [6.45, 7) is 2.12. The molecule has 0 aliphatic carbocycles. The summed E-state index contributed by atoms with van der Waals surface area (Å²) < 4.78 is 0. The Labute approximate surface area is 119 Å². The molecule has 1 aliphatic rings. The second-order valence-electron chi connectivity index (χ2n) is 4.42. The fourth-order valence-corrected chi connectivity index (χ4v) is 2.83. The van der Waals surface area contributed by atoms with Gasteiger partial charge in [-0.25, -0.2) is 0 Å². The Morgan fingerprint density at radius 3 is 2.40 bits per heavy atom. The van der Waals surface area contributed by atoms with Crippen LogP contribution in [0.1, 0.15) is 20.2 Å². The lowest BCUT2D eigenvalue weighted by molar-refractivity contribution is 0.0535. The van der Waals surface area contributed by atoms with E-state index in [1.165, 1.54) is 17.5 Å². The van der Waals surface area contributed by atoms with Crippen molar-refractivity contribution in [3.8, 4) is 0 Å². The van der Waals surface area contributed by atoms with Gasteiger partial charge in [-0.3, -0.25) is 9.59 Å². The highest BCUT2D eigenvalue weighted by Crippen LogP contribution is 2.14. The number of amides is 2. The molecule has 1 saturated heterocycles. The van der Waals surface area contributed by atoms with Gasteiger partial charge in [-0.1, -0.05) is 6.07 Å². The molecule has 3 rings (SSSR count). The van der Waals surface area contributed by atoms with Crippen LogP contribution in [0.25, 0.3) is 0 Å². The van der Waals surface area contributed by atoms with Crippen LogP contribution in [0, 0.1) is 0 Å². The lowest BCUT2D eigenvalue weighted by Gasteiger charge is -2.34. The van der Waals surface area contributed by atoms with Crippen LogP contribution in [-0.4, -0.2) is 63.2 Å². The number of hydrogen-bond acceptors (Lipinski definition) is 5. The SMILES string of the molecule is O=C(c1cn[nH]n1)N1CCN(C(=O)c2cccs2)CC1. The summed E-state index contributed by atoms with van der Waals surface area (Å²) in [7, 11) is 0. The Morgan fingerprint density at radius 1 is 1.15 bits per heavy atom. The number of H-pyrrole nitrogens is 1. The standard InChI is InChI=1S/C12H13N5O2S/c18-11(9-8-13-15-14-9)16-3-5-17(6-4-16)12(19)10-2-1-7-20-10/h1-2,7-8H,3-6H2,(H,13,14,15). The lowest BCUT2D eigenvalue weighted by Crippen LogP contribution is -2.50. The molecule has 2 aromatic rings. The van der Waals surface area contributed by atoms with E-state index in [9.17, 15) is 9.59 Å². The van der Waals surface area contributed by atoms with Crippen LogP contribution in [0.5, 0.6) is 0 Å². The molecule has 0 unspecified atom stereocenters. The number of piperazine rings is 1. The molecule has 2 aromatic heterocycles. The Kier molecular flexibility index (Phi) is 3.46. The van der Waals surface area contributed by atoms with Crippen molar-refractivity contribution in [3.63, 3.8) is 0 Å². The molecule has 1 fully saturated rings. The molecule has 0 spiro atoms. The van der Waals surface area contributed by atoms with Gasteiger partial charge in [-0.2, -0.15) is 15.4 Å². The van der Waals surface area contributed by atoms with Gasteiger partial charge in [0.15, 0.2) is 5.69 Å². The molecular formula is C12H13N5O2S. The summed E-state index contributed by atoms with van der Waals surface area (Å²) in [6, 6.07) is 3.68. The van der Waals surface area contributed by atoms with Crippen molar-refractivity contribution >= 4 is 23.2 Å². The van der Waals surface area contributed by atoms with Crippen LogP contribution in [-0.2, 0) is 0 Å². The molecule has 20 heavy (non-hydrogen) atoms. The van der Waals surface area contributed by atoms with Gasteiger partial charge in [0.25, 0.3) is 11.8 Å². The van der Waals surface area contributed by atoms with E-state index in [2.05, 4.69) is 15.4 Å². The van der Waals surface area contributed by atoms with E-state index in [0.29, 0.717) is 31.9 Å². The third-order valence-electron chi connectivity index (χ3n) is 3.22. The normalized spacial score (nSPS) is 15.4. The molecular weight excluding hydrogens is 278 g/mol. The molecule has 1 aliphatic heterocycles. The highest BCUT2D eigenvalue weighted by Gasteiger charge is 2.26. The van der Waals surface area contributed by atoms with Gasteiger partial charge in [0.1, 0.15) is 0 Å². The van der Waals surface area contributed by atoms with E-state index < -0.39 is 0 Å². The molecule has 3 heterocycles. The van der Waals surface area contributed by atoms with Crippen LogP contribution in [0.3, 0.4) is 0 Å². The van der Waals surface area contributed by atoms with Crippen molar-refractivity contribution in [2.75, 3.05) is 26.2 Å². The molecule has 0 saturated carbocycles. The number of rotatable bonds is 2. The second-order valence-corrected chi connectivity index (χ2v) is 5.36. The van der Waals surface area contributed by atoms with Crippen molar-refractivity contribution in [2.45, 2.75) is 0 Å². The monoisotopic (exact) mass is 291 g/mol. The minimum absolute atomic E-state index is 0.0357. The molecule has 2 amide bonds. The topological polar surface area (TPSA) is 82.2 Å². The quantitative estimate of drug-likeness (QED) is 0.871. The molecule has 7 nitrogen and oxygen atoms in total. The summed E-state index contributed by atoms with van der Waals surface area (Å²) in [4.78, 5) is 28.4. The van der Waals surface area contributed by atoms with E-state index in [1.807, 2.05) is 17.5 Å². The zero-order valence-electron chi connectivity index (χ0n) is 10.7. The van der Waals surface area contributed by atoms with E-state index in [1.54, 1.807) is 9.80 Å². The van der Waals surface area contributed by atoms with E-state index in [0.717, 1.165) is 4.88 Å². The van der Waals surface area contributed by atoms with E-state index in [4.69, 9.17) is 0 Å². The fraction of sp³-hybridized carbons (Fsp3) is 0.333. The number of carbonyl (C=O) groups excluding carboxylic acids is 2. The Bertz CT molecular complexity index is 533. The van der Waals surface area contributed by atoms with E-state index in [-0.39, 0.29) is 11.8 Å². The first kappa shape index (κ1) is 12.8. The Hall–Kier alpha value is -2.22. The van der Waals surface area contributed by atoms with Gasteiger partial charge in [0.05, 0.1) is 11.1 Å². The van der Waals surface area contributed by atoms with Gasteiger partial charge in [-0.05, 0) is 11.4 Å². The zero-order valence-corrected chi connectivity index (χ0v) is 11.5. The first-order chi connectivity index (χ1) is 9.75. The van der Waals surface area contributed by atoms with Crippen LogP contribution >= 0.6 is 11.3 Å². The average Bonchev–Trinajstić information content (AvgIpc) is 3.18. The number of carbonyl (C=O) groups is 2. The predicted molar refractivity (Wildman–Crippen MR) is 72.5 cm³/mol. The largest absolute Gasteiger partial charge is 0.334 e. The smallest absolute Gasteiger partial charge is 0.276 e. The zero-order chi connectivity index (χ0) is 13.9. The maximum absolute atomic E-state index is 12.2. The summed E-state index contributed by atoms with van der Waals surface area (Å²) in [5.74, 6) is -0.115. The van der Waals surface area contributed by atoms with Crippen LogP contribution in [0.15, 0.2) is 23.7 Å². The Morgan fingerprint density at radius 2 is 1.85 bits per heavy atom. The number of nitrogens with zero attached hydrogens (tertiary/aromatic N) is 4. The number of aromatic amines is 1. The lowest BCUT2D eigenvalue weighted by atomic mass is 10.2. The van der Waals surface area contributed by atoms with E-state index >= 15 is 0 Å². The van der Waals surface area contributed by atoms with Crippen molar-refractivity contribution in [2.24, 2.45) is 0 Å². The molecule has 1 N–H and O–H groups in total. The third-order valence-corrected chi connectivity index (χ3v) is 4.08. The fourth-order valence-electron chi connectivity index (χ4n) is 2.14. The van der Waals surface area contributed by atoms with Crippen LogP contribution in [0.2, 0.25) is 0 Å². The van der Waals surface area contributed by atoms with Crippen molar-refractivity contribution in [3.05, 3.63) is 34.3 Å². The van der Waals surface area contributed by atoms with Gasteiger partial charge >= 0.3 is 0 Å². The minimum Gasteiger partial charge on any atom is -0.334 e. The van der Waals surface area contributed by atoms with Crippen molar-refractivity contribution < 1.29 is 9.59 Å². The first-order valence-corrected chi connectivity index (χ1v) is 7.11. The average molecular weight is 291 g/mol. The summed E-state index contributed by atoms with van der Waals surface area (Å²) in [5, 5.41) is 11.7. The maximum Gasteiger partial charge on any atom is 0.276 e. The molecule has 104 valence electrons. The van der Waals surface area contributed by atoms with Gasteiger partial charge in [-0.15, -0.1) is 11.3 Å². The number of aromatic nitrogens is 3. The molecule has 0 aromatic carbocycles. The predicted octanol–water partition coefficient (Wildman–Crippen LogP) is 0.464. The number of thiophene rings is 1. The highest BCUT2D eigenvalue weighted by molar-refractivity contribution is 7.12. The molecule has 8 heteroatoms. The van der Waals surface area contributed by atoms with Gasteiger partial charge in [0.2, 0.25) is 0 Å². The first-order valence-electron chi connectivity index (χ1n) is 6.23. The number of nitrogens with one attached hydrogen (secondary N) is 1. The molecule has 0 atom stereocenters. The van der Waals surface area contributed by atoms with Crippen LogP contribution < -0.4 is 0 Å². The summed E-state index contributed by atoms with van der Waals surface area (Å²) in [5.41, 5.74) is 0.308. The molecule has 0 radical (unpaired) electrons. The Balaban J connectivity index is 1.60. The second kappa shape index (κ2) is 5.41.